The van der Waals surface area contributed by atoms with Crippen LogP contribution in [0.3, 0.4) is 0 Å². The molecule has 1 aliphatic rings. The largest absolute Gasteiger partial charge is 0.469 e. The molecule has 0 saturated heterocycles. The van der Waals surface area contributed by atoms with Crippen molar-refractivity contribution in [2.24, 2.45) is 5.92 Å². The summed E-state index contributed by atoms with van der Waals surface area (Å²) in [5, 5.41) is 13.6. The Hall–Kier alpha value is -2.37. The van der Waals surface area contributed by atoms with Gasteiger partial charge in [0.05, 0.1) is 18.0 Å². The summed E-state index contributed by atoms with van der Waals surface area (Å²) in [6.07, 6.45) is 1.77. The summed E-state index contributed by atoms with van der Waals surface area (Å²) >= 11 is 0. The van der Waals surface area contributed by atoms with Crippen LogP contribution in [0.5, 0.6) is 0 Å². The van der Waals surface area contributed by atoms with E-state index in [1.165, 1.54) is 19.2 Å². The Morgan fingerprint density at radius 3 is 2.67 bits per heavy atom. The van der Waals surface area contributed by atoms with Gasteiger partial charge in [-0.1, -0.05) is 0 Å². The number of nitro benzene ring substituents is 1. The molecule has 18 heavy (non-hydrogen) atoms. The topological polar surface area (TPSA) is 81.5 Å². The number of carbonyl (C=O) groups is 1. The van der Waals surface area contributed by atoms with E-state index in [0.717, 1.165) is 11.3 Å². The molecule has 1 atom stereocenters. The minimum atomic E-state index is -0.447. The van der Waals surface area contributed by atoms with Crippen molar-refractivity contribution in [3.63, 3.8) is 0 Å². The number of nitro groups is 1. The highest BCUT2D eigenvalue weighted by atomic mass is 16.6. The van der Waals surface area contributed by atoms with Crippen molar-refractivity contribution in [2.75, 3.05) is 13.7 Å². The average Bonchev–Trinajstić information content (AvgIpc) is 2.87. The molecule has 0 aromatic heterocycles. The molecule has 1 aromatic rings. The molecule has 6 nitrogen and oxygen atoms in total. The molecule has 0 bridgehead atoms. The van der Waals surface area contributed by atoms with Gasteiger partial charge in [0.25, 0.3) is 5.69 Å². The number of rotatable bonds is 3. The number of nitrogens with one attached hydrogen (secondary N) is 1. The van der Waals surface area contributed by atoms with E-state index in [1.807, 2.05) is 0 Å². The van der Waals surface area contributed by atoms with Gasteiger partial charge in [-0.25, -0.2) is 0 Å². The Labute approximate surface area is 103 Å². The van der Waals surface area contributed by atoms with Crippen molar-refractivity contribution < 1.29 is 14.5 Å². The van der Waals surface area contributed by atoms with E-state index < -0.39 is 4.92 Å². The molecular formula is C12H12N2O4. The third kappa shape index (κ3) is 2.32. The van der Waals surface area contributed by atoms with E-state index in [-0.39, 0.29) is 17.6 Å². The smallest absolute Gasteiger partial charge is 0.314 e. The lowest BCUT2D eigenvalue weighted by Gasteiger charge is -2.03. The zero-order chi connectivity index (χ0) is 13.1. The van der Waals surface area contributed by atoms with Gasteiger partial charge in [0.15, 0.2) is 0 Å². The predicted molar refractivity (Wildman–Crippen MR) is 64.6 cm³/mol. The number of benzene rings is 1. The van der Waals surface area contributed by atoms with Crippen LogP contribution < -0.4 is 5.32 Å². The minimum absolute atomic E-state index is 0.0434. The Kier molecular flexibility index (Phi) is 3.27. The molecular weight excluding hydrogens is 236 g/mol. The number of methoxy groups -OCH3 is 1. The van der Waals surface area contributed by atoms with E-state index >= 15 is 0 Å². The Morgan fingerprint density at radius 2 is 2.11 bits per heavy atom. The Morgan fingerprint density at radius 1 is 1.44 bits per heavy atom. The van der Waals surface area contributed by atoms with Crippen LogP contribution in [0.1, 0.15) is 5.56 Å². The van der Waals surface area contributed by atoms with E-state index in [9.17, 15) is 14.9 Å². The van der Waals surface area contributed by atoms with E-state index in [1.54, 1.807) is 18.2 Å². The highest BCUT2D eigenvalue weighted by Crippen LogP contribution is 2.22. The summed E-state index contributed by atoms with van der Waals surface area (Å²) in [6, 6.07) is 6.17. The second-order valence-corrected chi connectivity index (χ2v) is 3.89. The lowest BCUT2D eigenvalue weighted by atomic mass is 10.1. The van der Waals surface area contributed by atoms with Gasteiger partial charge < -0.3 is 10.1 Å². The van der Waals surface area contributed by atoms with E-state index in [2.05, 4.69) is 10.1 Å². The summed E-state index contributed by atoms with van der Waals surface area (Å²) in [4.78, 5) is 21.4. The van der Waals surface area contributed by atoms with Crippen LogP contribution in [-0.4, -0.2) is 24.5 Å². The maximum Gasteiger partial charge on any atom is 0.314 e. The van der Waals surface area contributed by atoms with Crippen molar-refractivity contribution >= 4 is 17.4 Å². The van der Waals surface area contributed by atoms with Crippen LogP contribution in [0, 0.1) is 16.0 Å². The number of carbonyl (C=O) groups excluding carboxylic acids is 1. The molecule has 2 rings (SSSR count). The Bertz CT molecular complexity index is 507. The van der Waals surface area contributed by atoms with Crippen LogP contribution in [0.4, 0.5) is 5.69 Å². The highest BCUT2D eigenvalue weighted by molar-refractivity contribution is 5.80. The lowest BCUT2D eigenvalue weighted by molar-refractivity contribution is -0.384. The lowest BCUT2D eigenvalue weighted by Crippen LogP contribution is -2.20. The average molecular weight is 248 g/mol. The van der Waals surface area contributed by atoms with Crippen LogP contribution >= 0.6 is 0 Å². The fourth-order valence-electron chi connectivity index (χ4n) is 1.80. The molecule has 0 saturated carbocycles. The van der Waals surface area contributed by atoms with E-state index in [4.69, 9.17) is 0 Å². The van der Waals surface area contributed by atoms with E-state index in [0.29, 0.717) is 6.54 Å². The molecule has 1 aromatic carbocycles. The first-order valence-corrected chi connectivity index (χ1v) is 5.40. The van der Waals surface area contributed by atoms with Crippen molar-refractivity contribution in [1.29, 1.82) is 0 Å². The SMILES string of the molecule is COC(=O)C1C=C(c2ccc([N+](=O)[O-])cc2)NC1. The maximum absolute atomic E-state index is 11.3. The number of ether oxygens (including phenoxy) is 1. The van der Waals surface area contributed by atoms with Crippen LogP contribution in [0.2, 0.25) is 0 Å². The minimum Gasteiger partial charge on any atom is -0.469 e. The van der Waals surface area contributed by atoms with Crippen molar-refractivity contribution in [3.8, 4) is 0 Å². The molecule has 1 aliphatic heterocycles. The normalized spacial score (nSPS) is 17.8. The summed E-state index contributed by atoms with van der Waals surface area (Å²) in [5.41, 5.74) is 1.65. The zero-order valence-corrected chi connectivity index (χ0v) is 9.75. The van der Waals surface area contributed by atoms with Gasteiger partial charge in [0.2, 0.25) is 0 Å². The molecule has 1 heterocycles. The second-order valence-electron chi connectivity index (χ2n) is 3.89. The van der Waals surface area contributed by atoms with Crippen LogP contribution in [0.15, 0.2) is 30.3 Å². The number of non-ortho nitro benzene ring substituents is 1. The first-order chi connectivity index (χ1) is 8.61. The summed E-state index contributed by atoms with van der Waals surface area (Å²) in [6.45, 7) is 0.485. The van der Waals surface area contributed by atoms with Crippen molar-refractivity contribution in [3.05, 3.63) is 46.0 Å². The second kappa shape index (κ2) is 4.87. The van der Waals surface area contributed by atoms with Crippen molar-refractivity contribution in [2.45, 2.75) is 0 Å². The molecule has 0 radical (unpaired) electrons. The quantitative estimate of drug-likeness (QED) is 0.495. The van der Waals surface area contributed by atoms with Gasteiger partial charge in [0.1, 0.15) is 0 Å². The fourth-order valence-corrected chi connectivity index (χ4v) is 1.80. The Balaban J connectivity index is 2.18. The number of hydrogen-bond acceptors (Lipinski definition) is 5. The monoisotopic (exact) mass is 248 g/mol. The highest BCUT2D eigenvalue weighted by Gasteiger charge is 2.23. The van der Waals surface area contributed by atoms with Gasteiger partial charge in [-0.05, 0) is 23.8 Å². The molecule has 0 aliphatic carbocycles. The van der Waals surface area contributed by atoms with Gasteiger partial charge >= 0.3 is 5.97 Å². The summed E-state index contributed by atoms with van der Waals surface area (Å²) in [7, 11) is 1.35. The zero-order valence-electron chi connectivity index (χ0n) is 9.75. The molecule has 1 N–H and O–H groups in total. The maximum atomic E-state index is 11.3. The standard InChI is InChI=1S/C12H12N2O4/c1-18-12(15)9-6-11(13-7-9)8-2-4-10(5-3-8)14(16)17/h2-6,9,13H,7H2,1H3. The van der Waals surface area contributed by atoms with Gasteiger partial charge in [-0.15, -0.1) is 0 Å². The summed E-state index contributed by atoms with van der Waals surface area (Å²) in [5.74, 6) is -0.598. The van der Waals surface area contributed by atoms with Gasteiger partial charge in [-0.2, -0.15) is 0 Å². The van der Waals surface area contributed by atoms with Crippen LogP contribution in [0.25, 0.3) is 5.70 Å². The molecule has 1 unspecified atom stereocenters. The molecule has 0 fully saturated rings. The molecule has 0 amide bonds. The van der Waals surface area contributed by atoms with Crippen LogP contribution in [-0.2, 0) is 9.53 Å². The number of nitrogens with zero attached hydrogens (tertiary/aromatic N) is 1. The third-order valence-corrected chi connectivity index (χ3v) is 2.77. The van der Waals surface area contributed by atoms with Gasteiger partial charge in [0, 0.05) is 24.4 Å². The fraction of sp³-hybridized carbons (Fsp3) is 0.250. The predicted octanol–water partition coefficient (Wildman–Crippen LogP) is 1.33. The van der Waals surface area contributed by atoms with Gasteiger partial charge in [-0.3, -0.25) is 14.9 Å². The molecule has 0 spiro atoms. The molecule has 6 heteroatoms. The van der Waals surface area contributed by atoms with Crippen molar-refractivity contribution in [1.82, 2.24) is 5.32 Å². The first kappa shape index (κ1) is 12.1. The number of hydrogen-bond donors (Lipinski definition) is 1. The first-order valence-electron chi connectivity index (χ1n) is 5.40. The third-order valence-electron chi connectivity index (χ3n) is 2.77. The summed E-state index contributed by atoms with van der Waals surface area (Å²) < 4.78 is 4.66. The number of esters is 1. The molecule has 94 valence electrons.